The lowest BCUT2D eigenvalue weighted by molar-refractivity contribution is -0.147. The third kappa shape index (κ3) is 9.55. The number of esters is 1. The second kappa shape index (κ2) is 13.7. The van der Waals surface area contributed by atoms with Crippen molar-refractivity contribution in [2.24, 2.45) is 11.8 Å². The largest absolute Gasteiger partial charge is 0.463 e. The first-order valence-electron chi connectivity index (χ1n) is 11.8. The van der Waals surface area contributed by atoms with Crippen molar-refractivity contribution in [1.82, 2.24) is 0 Å². The van der Waals surface area contributed by atoms with E-state index in [0.717, 1.165) is 19.3 Å². The van der Waals surface area contributed by atoms with Crippen molar-refractivity contribution in [3.05, 3.63) is 48.0 Å². The van der Waals surface area contributed by atoms with E-state index in [1.54, 1.807) is 0 Å². The van der Waals surface area contributed by atoms with Crippen LogP contribution in [0.2, 0.25) is 0 Å². The SMILES string of the molecule is CC(C)OC(=O)CCCC=CC[C@@H]1C(CC[C@@H](O)CCc2ccccc2)[C@H](O)C[C@@H]1O. The Kier molecular flexibility index (Phi) is 11.3. The summed E-state index contributed by atoms with van der Waals surface area (Å²) in [5.74, 6) is -0.144. The molecule has 174 valence electrons. The Balaban J connectivity index is 1.70. The molecule has 5 heteroatoms. The van der Waals surface area contributed by atoms with E-state index in [2.05, 4.69) is 18.2 Å². The van der Waals surface area contributed by atoms with E-state index in [1.165, 1.54) is 5.56 Å². The number of carbonyl (C=O) groups excluding carboxylic acids is 1. The number of hydrogen-bond donors (Lipinski definition) is 3. The zero-order valence-corrected chi connectivity index (χ0v) is 19.0. The van der Waals surface area contributed by atoms with E-state index in [1.807, 2.05) is 38.1 Å². The molecule has 1 aliphatic rings. The molecule has 5 atom stereocenters. The summed E-state index contributed by atoms with van der Waals surface area (Å²) in [5.41, 5.74) is 1.22. The van der Waals surface area contributed by atoms with Crippen molar-refractivity contribution in [1.29, 1.82) is 0 Å². The lowest BCUT2D eigenvalue weighted by Gasteiger charge is -2.23. The Hall–Kier alpha value is -1.69. The van der Waals surface area contributed by atoms with Crippen LogP contribution in [0.5, 0.6) is 0 Å². The first kappa shape index (κ1) is 25.6. The Bertz CT molecular complexity index is 657. The molecule has 1 aromatic carbocycles. The molecule has 0 spiro atoms. The van der Waals surface area contributed by atoms with Crippen LogP contribution >= 0.6 is 0 Å². The molecule has 31 heavy (non-hydrogen) atoms. The maximum Gasteiger partial charge on any atom is 0.306 e. The first-order valence-corrected chi connectivity index (χ1v) is 11.8. The predicted octanol–water partition coefficient (Wildman–Crippen LogP) is 4.19. The van der Waals surface area contributed by atoms with Gasteiger partial charge in [0.15, 0.2) is 0 Å². The average Bonchev–Trinajstić information content (AvgIpc) is 3.00. The van der Waals surface area contributed by atoms with Crippen molar-refractivity contribution in [2.45, 2.75) is 96.1 Å². The molecule has 0 aliphatic heterocycles. The summed E-state index contributed by atoms with van der Waals surface area (Å²) in [6.07, 6.45) is 8.58. The van der Waals surface area contributed by atoms with Crippen LogP contribution in [0.3, 0.4) is 0 Å². The number of unbranched alkanes of at least 4 members (excludes halogenated alkanes) is 1. The molecule has 0 amide bonds. The summed E-state index contributed by atoms with van der Waals surface area (Å²) in [6, 6.07) is 10.1. The third-order valence-corrected chi connectivity index (χ3v) is 6.16. The number of aliphatic hydroxyl groups excluding tert-OH is 3. The minimum atomic E-state index is -0.513. The molecular weight excluding hydrogens is 392 g/mol. The molecule has 0 bridgehead atoms. The average molecular weight is 433 g/mol. The molecule has 1 fully saturated rings. The van der Waals surface area contributed by atoms with Gasteiger partial charge in [0.1, 0.15) is 0 Å². The summed E-state index contributed by atoms with van der Waals surface area (Å²) in [4.78, 5) is 11.5. The van der Waals surface area contributed by atoms with Crippen LogP contribution in [0.15, 0.2) is 42.5 Å². The Morgan fingerprint density at radius 2 is 1.81 bits per heavy atom. The highest BCUT2D eigenvalue weighted by molar-refractivity contribution is 5.69. The summed E-state index contributed by atoms with van der Waals surface area (Å²) >= 11 is 0. The van der Waals surface area contributed by atoms with Crippen LogP contribution in [-0.2, 0) is 16.0 Å². The van der Waals surface area contributed by atoms with E-state index < -0.39 is 18.3 Å². The Morgan fingerprint density at radius 1 is 1.10 bits per heavy atom. The van der Waals surface area contributed by atoms with E-state index in [4.69, 9.17) is 4.74 Å². The van der Waals surface area contributed by atoms with Crippen LogP contribution in [0, 0.1) is 11.8 Å². The summed E-state index contributed by atoms with van der Waals surface area (Å²) < 4.78 is 5.12. The second-order valence-electron chi connectivity index (χ2n) is 9.09. The number of allylic oxidation sites excluding steroid dienone is 2. The summed E-state index contributed by atoms with van der Waals surface area (Å²) in [6.45, 7) is 3.69. The maximum atomic E-state index is 11.5. The van der Waals surface area contributed by atoms with Gasteiger partial charge in [-0.15, -0.1) is 0 Å². The molecule has 1 aromatic rings. The van der Waals surface area contributed by atoms with E-state index in [9.17, 15) is 20.1 Å². The highest BCUT2D eigenvalue weighted by atomic mass is 16.5. The van der Waals surface area contributed by atoms with Crippen molar-refractivity contribution < 1.29 is 24.9 Å². The smallest absolute Gasteiger partial charge is 0.306 e. The van der Waals surface area contributed by atoms with Gasteiger partial charge in [-0.05, 0) is 82.6 Å². The fraction of sp³-hybridized carbons (Fsp3) is 0.654. The molecule has 1 unspecified atom stereocenters. The van der Waals surface area contributed by atoms with Crippen molar-refractivity contribution in [2.75, 3.05) is 0 Å². The fourth-order valence-corrected chi connectivity index (χ4v) is 4.47. The summed E-state index contributed by atoms with van der Waals surface area (Å²) in [5, 5.41) is 31.2. The van der Waals surface area contributed by atoms with Crippen molar-refractivity contribution in [3.63, 3.8) is 0 Å². The number of ether oxygens (including phenoxy) is 1. The molecule has 1 saturated carbocycles. The third-order valence-electron chi connectivity index (χ3n) is 6.16. The number of aryl methyl sites for hydroxylation is 1. The first-order chi connectivity index (χ1) is 14.9. The van der Waals surface area contributed by atoms with Crippen LogP contribution in [0.1, 0.15) is 70.8 Å². The van der Waals surface area contributed by atoms with Gasteiger partial charge < -0.3 is 20.1 Å². The lowest BCUT2D eigenvalue weighted by Crippen LogP contribution is -2.23. The molecule has 0 radical (unpaired) electrons. The Labute approximate surface area is 187 Å². The zero-order valence-electron chi connectivity index (χ0n) is 19.0. The van der Waals surface area contributed by atoms with Gasteiger partial charge in [0, 0.05) is 6.42 Å². The van der Waals surface area contributed by atoms with Gasteiger partial charge in [-0.2, -0.15) is 0 Å². The van der Waals surface area contributed by atoms with E-state index in [0.29, 0.717) is 38.5 Å². The molecule has 0 aromatic heterocycles. The zero-order chi connectivity index (χ0) is 22.6. The van der Waals surface area contributed by atoms with Crippen LogP contribution < -0.4 is 0 Å². The van der Waals surface area contributed by atoms with Gasteiger partial charge in [0.25, 0.3) is 0 Å². The normalized spacial score (nSPS) is 24.7. The Morgan fingerprint density at radius 3 is 2.52 bits per heavy atom. The van der Waals surface area contributed by atoms with Gasteiger partial charge in [-0.1, -0.05) is 42.5 Å². The predicted molar refractivity (Wildman–Crippen MR) is 122 cm³/mol. The number of aliphatic hydroxyl groups is 3. The lowest BCUT2D eigenvalue weighted by atomic mass is 9.85. The maximum absolute atomic E-state index is 11.5. The quantitative estimate of drug-likeness (QED) is 0.247. The minimum Gasteiger partial charge on any atom is -0.463 e. The number of carbonyl (C=O) groups is 1. The van der Waals surface area contributed by atoms with E-state index in [-0.39, 0.29) is 23.9 Å². The molecule has 2 rings (SSSR count). The molecule has 1 aliphatic carbocycles. The van der Waals surface area contributed by atoms with Gasteiger partial charge in [0.05, 0.1) is 24.4 Å². The molecule has 0 heterocycles. The van der Waals surface area contributed by atoms with Gasteiger partial charge >= 0.3 is 5.97 Å². The highest BCUT2D eigenvalue weighted by Crippen LogP contribution is 2.38. The van der Waals surface area contributed by atoms with Crippen LogP contribution in [0.4, 0.5) is 0 Å². The molecular formula is C26H40O5. The second-order valence-corrected chi connectivity index (χ2v) is 9.09. The van der Waals surface area contributed by atoms with Crippen molar-refractivity contribution in [3.8, 4) is 0 Å². The van der Waals surface area contributed by atoms with Gasteiger partial charge in [-0.25, -0.2) is 0 Å². The number of benzene rings is 1. The van der Waals surface area contributed by atoms with Crippen LogP contribution in [0.25, 0.3) is 0 Å². The monoisotopic (exact) mass is 432 g/mol. The minimum absolute atomic E-state index is 0.00652. The highest BCUT2D eigenvalue weighted by Gasteiger charge is 2.40. The number of hydrogen-bond acceptors (Lipinski definition) is 5. The fourth-order valence-electron chi connectivity index (χ4n) is 4.47. The standard InChI is InChI=1S/C26H40O5/c1-19(2)31-26(30)13-9-4-3-8-12-22-23(25(29)18-24(22)28)17-16-21(27)15-14-20-10-6-5-7-11-20/h3,5-8,10-11,19,21-25,27-29H,4,9,12-18H2,1-2H3/t21-,22+,23?,24-,25+/m0/s1. The van der Waals surface area contributed by atoms with Crippen molar-refractivity contribution >= 4 is 5.97 Å². The van der Waals surface area contributed by atoms with Gasteiger partial charge in [-0.3, -0.25) is 4.79 Å². The number of rotatable bonds is 13. The summed E-state index contributed by atoms with van der Waals surface area (Å²) in [7, 11) is 0. The van der Waals surface area contributed by atoms with E-state index >= 15 is 0 Å². The molecule has 0 saturated heterocycles. The molecule has 5 nitrogen and oxygen atoms in total. The van der Waals surface area contributed by atoms with Crippen LogP contribution in [-0.4, -0.2) is 45.7 Å². The van der Waals surface area contributed by atoms with Gasteiger partial charge in [0.2, 0.25) is 0 Å². The topological polar surface area (TPSA) is 87.0 Å². The molecule has 3 N–H and O–H groups in total.